The van der Waals surface area contributed by atoms with Crippen LogP contribution in [-0.2, 0) is 52.8 Å². The van der Waals surface area contributed by atoms with Crippen LogP contribution in [0.3, 0.4) is 0 Å². The molecule has 0 radical (unpaired) electrons. The molecule has 0 saturated carbocycles. The quantitative estimate of drug-likeness (QED) is 0.112. The van der Waals surface area contributed by atoms with Gasteiger partial charge in [-0.2, -0.15) is 8.61 Å². The molecule has 6 aromatic rings. The number of benzene rings is 4. The SMILES string of the molecule is COc1ccc(CN(Cc2ccc(OC)cc2)S(=O)(=O)c2cn(C[C@H](C)O)cn2)cc1.COc1ccc(CN(Cc2ccc(OC)cc2)S(=O)(=O)c2cnc[nH]2)cc1. The Labute approximate surface area is 339 Å². The summed E-state index contributed by atoms with van der Waals surface area (Å²) in [5, 5.41) is 9.57. The number of aromatic nitrogens is 4. The van der Waals surface area contributed by atoms with E-state index < -0.39 is 26.2 Å². The highest BCUT2D eigenvalue weighted by Gasteiger charge is 2.28. The molecule has 4 aromatic carbocycles. The van der Waals surface area contributed by atoms with Crippen LogP contribution in [0.2, 0.25) is 0 Å². The fraction of sp³-hybridized carbons (Fsp3) is 0.268. The number of hydrogen-bond donors (Lipinski definition) is 2. The smallest absolute Gasteiger partial charge is 0.262 e. The molecular formula is C41H48N6O9S2. The largest absolute Gasteiger partial charge is 0.497 e. The van der Waals surface area contributed by atoms with Gasteiger partial charge >= 0.3 is 0 Å². The van der Waals surface area contributed by atoms with Crippen molar-refractivity contribution in [3.63, 3.8) is 0 Å². The van der Waals surface area contributed by atoms with Crippen LogP contribution in [0.15, 0.2) is 132 Å². The highest BCUT2D eigenvalue weighted by molar-refractivity contribution is 7.89. The zero-order valence-corrected chi connectivity index (χ0v) is 34.6. The molecule has 0 bridgehead atoms. The maximum Gasteiger partial charge on any atom is 0.262 e. The summed E-state index contributed by atoms with van der Waals surface area (Å²) in [6, 6.07) is 29.2. The van der Waals surface area contributed by atoms with Crippen molar-refractivity contribution in [2.24, 2.45) is 0 Å². The fourth-order valence-electron chi connectivity index (χ4n) is 5.72. The Morgan fingerprint density at radius 1 is 0.621 bits per heavy atom. The van der Waals surface area contributed by atoms with Crippen molar-refractivity contribution in [3.05, 3.63) is 144 Å². The summed E-state index contributed by atoms with van der Waals surface area (Å²) < 4.78 is 78.0. The minimum atomic E-state index is -3.89. The van der Waals surface area contributed by atoms with Crippen LogP contribution in [-0.4, -0.2) is 84.6 Å². The Hall–Kier alpha value is -5.72. The number of imidazole rings is 2. The van der Waals surface area contributed by atoms with Crippen molar-refractivity contribution in [3.8, 4) is 23.0 Å². The second-order valence-corrected chi connectivity index (χ2v) is 16.9. The molecule has 0 aliphatic rings. The van der Waals surface area contributed by atoms with Crippen molar-refractivity contribution in [1.29, 1.82) is 0 Å². The third-order valence-electron chi connectivity index (χ3n) is 8.85. The molecule has 2 aromatic heterocycles. The standard InChI is InChI=1S/C22H27N3O5S.C19H21N3O4S/c1-17(26)12-24-15-22(23-16-24)31(27,28)25(13-18-4-8-20(29-2)9-5-18)14-19-6-10-21(30-3)11-7-19;1-25-17-7-3-15(4-8-17)12-22(27(23,24)19-11-20-14-21-19)13-16-5-9-18(26-2)10-6-16/h4-11,15-17,26H,12-14H2,1-3H3;3-11,14H,12-13H2,1-2H3,(H,20,21)/t17-;/m0./s1. The minimum Gasteiger partial charge on any atom is -0.497 e. The predicted molar refractivity (Wildman–Crippen MR) is 217 cm³/mol. The molecule has 0 spiro atoms. The molecule has 17 heteroatoms. The molecule has 0 aliphatic carbocycles. The van der Waals surface area contributed by atoms with Gasteiger partial charge < -0.3 is 33.6 Å². The lowest BCUT2D eigenvalue weighted by Gasteiger charge is -2.22. The third-order valence-corrected chi connectivity index (χ3v) is 12.2. The number of nitrogens with one attached hydrogen (secondary N) is 1. The average Bonchev–Trinajstić information content (AvgIpc) is 3.96. The van der Waals surface area contributed by atoms with Crippen LogP contribution in [0.4, 0.5) is 0 Å². The van der Waals surface area contributed by atoms with Gasteiger partial charge in [-0.05, 0) is 77.7 Å². The number of ether oxygens (including phenoxy) is 4. The highest BCUT2D eigenvalue weighted by atomic mass is 32.2. The average molecular weight is 833 g/mol. The number of H-pyrrole nitrogens is 1. The van der Waals surface area contributed by atoms with E-state index in [1.807, 2.05) is 72.8 Å². The Morgan fingerprint density at radius 3 is 1.29 bits per heavy atom. The van der Waals surface area contributed by atoms with Gasteiger partial charge in [-0.15, -0.1) is 0 Å². The summed E-state index contributed by atoms with van der Waals surface area (Å²) in [5.41, 5.74) is 3.35. The number of sulfonamides is 2. The van der Waals surface area contributed by atoms with E-state index in [-0.39, 0.29) is 42.8 Å². The van der Waals surface area contributed by atoms with E-state index in [4.69, 9.17) is 18.9 Å². The van der Waals surface area contributed by atoms with Gasteiger partial charge in [-0.3, -0.25) is 0 Å². The maximum atomic E-state index is 13.4. The molecule has 2 N–H and O–H groups in total. The summed E-state index contributed by atoms with van der Waals surface area (Å²) in [7, 11) is -1.27. The normalized spacial score (nSPS) is 12.1. The Bertz CT molecular complexity index is 2270. The lowest BCUT2D eigenvalue weighted by atomic mass is 10.2. The van der Waals surface area contributed by atoms with Crippen LogP contribution in [0.5, 0.6) is 23.0 Å². The van der Waals surface area contributed by atoms with Crippen LogP contribution in [0.25, 0.3) is 0 Å². The van der Waals surface area contributed by atoms with Crippen LogP contribution >= 0.6 is 0 Å². The second kappa shape index (κ2) is 20.1. The van der Waals surface area contributed by atoms with Crippen LogP contribution in [0, 0.1) is 0 Å². The molecule has 6 rings (SSSR count). The van der Waals surface area contributed by atoms with E-state index in [9.17, 15) is 21.9 Å². The van der Waals surface area contributed by atoms with Gasteiger partial charge in [0, 0.05) is 38.9 Å². The lowest BCUT2D eigenvalue weighted by Crippen LogP contribution is -2.30. The molecule has 2 heterocycles. The number of rotatable bonds is 18. The van der Waals surface area contributed by atoms with E-state index in [0.717, 1.165) is 33.8 Å². The van der Waals surface area contributed by atoms with Gasteiger partial charge in [0.05, 0.1) is 53.4 Å². The molecule has 15 nitrogen and oxygen atoms in total. The monoisotopic (exact) mass is 832 g/mol. The predicted octanol–water partition coefficient (Wildman–Crippen LogP) is 5.49. The zero-order valence-electron chi connectivity index (χ0n) is 32.9. The molecule has 308 valence electrons. The number of aromatic amines is 1. The Balaban J connectivity index is 0.000000223. The summed E-state index contributed by atoms with van der Waals surface area (Å²) in [5.74, 6) is 2.84. The molecule has 0 unspecified atom stereocenters. The molecule has 1 atom stereocenters. The van der Waals surface area contributed by atoms with Crippen LogP contribution < -0.4 is 18.9 Å². The van der Waals surface area contributed by atoms with Crippen molar-refractivity contribution in [2.45, 2.75) is 55.8 Å². The van der Waals surface area contributed by atoms with E-state index in [0.29, 0.717) is 11.5 Å². The first-order valence-electron chi connectivity index (χ1n) is 18.0. The number of nitrogens with zero attached hydrogens (tertiary/aromatic N) is 5. The van der Waals surface area contributed by atoms with Gasteiger partial charge in [0.2, 0.25) is 0 Å². The molecule has 58 heavy (non-hydrogen) atoms. The number of aliphatic hydroxyl groups excluding tert-OH is 1. The van der Waals surface area contributed by atoms with E-state index in [2.05, 4.69) is 15.0 Å². The Kier molecular flexibility index (Phi) is 15.1. The first kappa shape index (κ1) is 43.4. The number of hydrogen-bond acceptors (Lipinski definition) is 11. The Morgan fingerprint density at radius 2 is 0.983 bits per heavy atom. The van der Waals surface area contributed by atoms with Gasteiger partial charge in [-0.1, -0.05) is 48.5 Å². The van der Waals surface area contributed by atoms with Crippen molar-refractivity contribution in [1.82, 2.24) is 28.1 Å². The van der Waals surface area contributed by atoms with Gasteiger partial charge in [0.1, 0.15) is 23.0 Å². The summed E-state index contributed by atoms with van der Waals surface area (Å²) in [6.07, 6.45) is 4.91. The maximum absolute atomic E-state index is 13.4. The minimum absolute atomic E-state index is 0.0597. The summed E-state index contributed by atoms with van der Waals surface area (Å²) in [6.45, 7) is 2.67. The first-order valence-corrected chi connectivity index (χ1v) is 20.9. The number of methoxy groups -OCH3 is 4. The van der Waals surface area contributed by atoms with Crippen LogP contribution in [0.1, 0.15) is 29.2 Å². The van der Waals surface area contributed by atoms with Gasteiger partial charge in [0.15, 0.2) is 10.1 Å². The van der Waals surface area contributed by atoms with Crippen molar-refractivity contribution in [2.75, 3.05) is 28.4 Å². The number of aliphatic hydroxyl groups is 1. The molecule has 0 amide bonds. The van der Waals surface area contributed by atoms with Gasteiger partial charge in [0.25, 0.3) is 20.0 Å². The molecule has 0 saturated heterocycles. The van der Waals surface area contributed by atoms with Crippen molar-refractivity contribution < 1.29 is 40.9 Å². The highest BCUT2D eigenvalue weighted by Crippen LogP contribution is 2.24. The molecule has 0 aliphatic heterocycles. The second-order valence-electron chi connectivity index (χ2n) is 13.1. The van der Waals surface area contributed by atoms with E-state index in [1.165, 1.54) is 33.7 Å². The van der Waals surface area contributed by atoms with E-state index >= 15 is 0 Å². The topological polar surface area (TPSA) is 178 Å². The summed E-state index contributed by atoms with van der Waals surface area (Å²) in [4.78, 5) is 10.6. The fourth-order valence-corrected chi connectivity index (χ4v) is 8.39. The van der Waals surface area contributed by atoms with E-state index in [1.54, 1.807) is 64.2 Å². The molecule has 0 fully saturated rings. The zero-order chi connectivity index (χ0) is 41.7. The molecular weight excluding hydrogens is 785 g/mol. The summed E-state index contributed by atoms with van der Waals surface area (Å²) >= 11 is 0. The first-order chi connectivity index (χ1) is 27.8. The lowest BCUT2D eigenvalue weighted by molar-refractivity contribution is 0.173. The third kappa shape index (κ3) is 11.7. The van der Waals surface area contributed by atoms with Crippen molar-refractivity contribution >= 4 is 20.0 Å². The van der Waals surface area contributed by atoms with Gasteiger partial charge in [-0.25, -0.2) is 26.8 Å².